The van der Waals surface area contributed by atoms with Crippen molar-refractivity contribution in [3.05, 3.63) is 51.2 Å². The number of anilines is 1. The maximum absolute atomic E-state index is 11.7. The zero-order valence-corrected chi connectivity index (χ0v) is 13.3. The van der Waals surface area contributed by atoms with Crippen LogP contribution in [-0.2, 0) is 4.79 Å². The molecular formula is C16H19N3OS. The van der Waals surface area contributed by atoms with Crippen LogP contribution in [0.4, 0.5) is 5.69 Å². The van der Waals surface area contributed by atoms with E-state index in [-0.39, 0.29) is 12.5 Å². The van der Waals surface area contributed by atoms with E-state index in [1.54, 1.807) is 17.6 Å². The number of nitrogens with one attached hydrogen (secondary N) is 2. The summed E-state index contributed by atoms with van der Waals surface area (Å²) in [5.74, 6) is -0.167. The van der Waals surface area contributed by atoms with Crippen molar-refractivity contribution in [2.24, 2.45) is 5.10 Å². The van der Waals surface area contributed by atoms with Gasteiger partial charge in [0.15, 0.2) is 0 Å². The molecule has 0 radical (unpaired) electrons. The molecule has 0 fully saturated rings. The Hall–Kier alpha value is -2.14. The van der Waals surface area contributed by atoms with Gasteiger partial charge in [0.25, 0.3) is 5.91 Å². The largest absolute Gasteiger partial charge is 0.376 e. The zero-order valence-electron chi connectivity index (χ0n) is 12.4. The lowest BCUT2D eigenvalue weighted by Crippen LogP contribution is -2.26. The molecule has 5 heteroatoms. The highest BCUT2D eigenvalue weighted by Gasteiger charge is 2.02. The van der Waals surface area contributed by atoms with E-state index in [1.165, 1.54) is 10.4 Å². The minimum absolute atomic E-state index is 0.167. The van der Waals surface area contributed by atoms with Crippen LogP contribution in [0.1, 0.15) is 20.9 Å². The molecule has 0 aliphatic heterocycles. The first kappa shape index (κ1) is 15.3. The van der Waals surface area contributed by atoms with Gasteiger partial charge < -0.3 is 5.32 Å². The average Bonchev–Trinajstić information content (AvgIpc) is 2.83. The Morgan fingerprint density at radius 1 is 1.24 bits per heavy atom. The summed E-state index contributed by atoms with van der Waals surface area (Å²) in [4.78, 5) is 14.0. The van der Waals surface area contributed by atoms with Crippen molar-refractivity contribution in [3.8, 4) is 0 Å². The number of aryl methyl sites for hydroxylation is 3. The number of hydrogen-bond donors (Lipinski definition) is 2. The van der Waals surface area contributed by atoms with Crippen molar-refractivity contribution < 1.29 is 4.79 Å². The third kappa shape index (κ3) is 4.72. The summed E-state index contributed by atoms with van der Waals surface area (Å²) in [6.07, 6.45) is 1.66. The molecule has 2 N–H and O–H groups in total. The topological polar surface area (TPSA) is 53.5 Å². The second-order valence-electron chi connectivity index (χ2n) is 4.91. The number of amides is 1. The van der Waals surface area contributed by atoms with Crippen LogP contribution in [0.2, 0.25) is 0 Å². The summed E-state index contributed by atoms with van der Waals surface area (Å²) >= 11 is 1.64. The number of carbonyl (C=O) groups is 1. The summed E-state index contributed by atoms with van der Waals surface area (Å²) in [7, 11) is 0. The molecule has 0 atom stereocenters. The van der Waals surface area contributed by atoms with Gasteiger partial charge in [-0.15, -0.1) is 11.3 Å². The molecule has 0 aliphatic carbocycles. The SMILES string of the molecule is Cc1ccc(NCC(=O)N/N=C\c2ccc(C)s2)c(C)c1. The van der Waals surface area contributed by atoms with E-state index >= 15 is 0 Å². The van der Waals surface area contributed by atoms with Crippen LogP contribution in [-0.4, -0.2) is 18.7 Å². The molecule has 0 unspecified atom stereocenters. The molecule has 4 nitrogen and oxygen atoms in total. The van der Waals surface area contributed by atoms with Gasteiger partial charge in [0, 0.05) is 15.4 Å². The van der Waals surface area contributed by atoms with E-state index < -0.39 is 0 Å². The summed E-state index contributed by atoms with van der Waals surface area (Å²) in [5.41, 5.74) is 5.81. The smallest absolute Gasteiger partial charge is 0.259 e. The monoisotopic (exact) mass is 301 g/mol. The van der Waals surface area contributed by atoms with Crippen LogP contribution in [0, 0.1) is 20.8 Å². The van der Waals surface area contributed by atoms with E-state index in [2.05, 4.69) is 21.9 Å². The third-order valence-corrected chi connectivity index (χ3v) is 3.90. The molecule has 2 aromatic rings. The maximum atomic E-state index is 11.7. The number of hydrazone groups is 1. The van der Waals surface area contributed by atoms with Gasteiger partial charge in [0.05, 0.1) is 12.8 Å². The van der Waals surface area contributed by atoms with Gasteiger partial charge in [-0.3, -0.25) is 4.79 Å². The number of carbonyl (C=O) groups excluding carboxylic acids is 1. The summed E-state index contributed by atoms with van der Waals surface area (Å²) in [5, 5.41) is 7.06. The van der Waals surface area contributed by atoms with E-state index in [0.717, 1.165) is 16.1 Å². The first-order valence-corrected chi connectivity index (χ1v) is 7.56. The molecule has 0 saturated heterocycles. The zero-order chi connectivity index (χ0) is 15.2. The number of hydrogen-bond acceptors (Lipinski definition) is 4. The average molecular weight is 301 g/mol. The van der Waals surface area contributed by atoms with E-state index in [0.29, 0.717) is 0 Å². The molecule has 1 heterocycles. The van der Waals surface area contributed by atoms with Gasteiger partial charge in [0.2, 0.25) is 0 Å². The van der Waals surface area contributed by atoms with Crippen molar-refractivity contribution in [1.82, 2.24) is 5.43 Å². The van der Waals surface area contributed by atoms with Crippen molar-refractivity contribution >= 4 is 29.1 Å². The third-order valence-electron chi connectivity index (χ3n) is 2.96. The molecule has 0 bridgehead atoms. The van der Waals surface area contributed by atoms with Gasteiger partial charge in [0.1, 0.15) is 0 Å². The summed E-state index contributed by atoms with van der Waals surface area (Å²) < 4.78 is 0. The fourth-order valence-electron chi connectivity index (χ4n) is 1.92. The van der Waals surface area contributed by atoms with Crippen LogP contribution in [0.25, 0.3) is 0 Å². The second-order valence-corrected chi connectivity index (χ2v) is 6.23. The number of benzene rings is 1. The molecular weight excluding hydrogens is 282 g/mol. The quantitative estimate of drug-likeness (QED) is 0.658. The summed E-state index contributed by atoms with van der Waals surface area (Å²) in [6, 6.07) is 10.1. The lowest BCUT2D eigenvalue weighted by molar-refractivity contribution is -0.119. The Morgan fingerprint density at radius 3 is 2.71 bits per heavy atom. The normalized spacial score (nSPS) is 10.8. The van der Waals surface area contributed by atoms with Crippen molar-refractivity contribution in [2.45, 2.75) is 20.8 Å². The molecule has 2 rings (SSSR count). The Kier molecular flexibility index (Phi) is 5.11. The fraction of sp³-hybridized carbons (Fsp3) is 0.250. The number of nitrogens with zero attached hydrogens (tertiary/aromatic N) is 1. The molecule has 21 heavy (non-hydrogen) atoms. The van der Waals surface area contributed by atoms with Crippen LogP contribution in [0.5, 0.6) is 0 Å². The lowest BCUT2D eigenvalue weighted by atomic mass is 10.1. The molecule has 1 aromatic carbocycles. The predicted octanol–water partition coefficient (Wildman–Crippen LogP) is 3.24. The van der Waals surface area contributed by atoms with Gasteiger partial charge >= 0.3 is 0 Å². The maximum Gasteiger partial charge on any atom is 0.259 e. The van der Waals surface area contributed by atoms with E-state index in [9.17, 15) is 4.79 Å². The van der Waals surface area contributed by atoms with Crippen LogP contribution < -0.4 is 10.7 Å². The Labute approximate surface area is 128 Å². The van der Waals surface area contributed by atoms with Crippen LogP contribution in [0.3, 0.4) is 0 Å². The number of rotatable bonds is 5. The van der Waals surface area contributed by atoms with Crippen LogP contribution >= 0.6 is 11.3 Å². The highest BCUT2D eigenvalue weighted by atomic mass is 32.1. The first-order valence-electron chi connectivity index (χ1n) is 6.74. The Bertz CT molecular complexity index is 661. The molecule has 0 spiro atoms. The minimum atomic E-state index is -0.167. The van der Waals surface area contributed by atoms with Crippen LogP contribution in [0.15, 0.2) is 35.4 Å². The van der Waals surface area contributed by atoms with E-state index in [4.69, 9.17) is 0 Å². The predicted molar refractivity (Wildman–Crippen MR) is 89.2 cm³/mol. The Balaban J connectivity index is 1.81. The summed E-state index contributed by atoms with van der Waals surface area (Å²) in [6.45, 7) is 6.30. The second kappa shape index (κ2) is 7.04. The standard InChI is InChI=1S/C16H19N3OS/c1-11-4-7-15(12(2)8-11)17-10-16(20)19-18-9-14-6-5-13(3)21-14/h4-9,17H,10H2,1-3H3,(H,19,20)/b18-9-. The van der Waals surface area contributed by atoms with Crippen molar-refractivity contribution in [2.75, 3.05) is 11.9 Å². The Morgan fingerprint density at radius 2 is 2.05 bits per heavy atom. The minimum Gasteiger partial charge on any atom is -0.376 e. The molecule has 1 aromatic heterocycles. The highest BCUT2D eigenvalue weighted by molar-refractivity contribution is 7.13. The lowest BCUT2D eigenvalue weighted by Gasteiger charge is -2.09. The van der Waals surface area contributed by atoms with Crippen molar-refractivity contribution in [3.63, 3.8) is 0 Å². The fourth-order valence-corrected chi connectivity index (χ4v) is 2.67. The van der Waals surface area contributed by atoms with Gasteiger partial charge in [-0.1, -0.05) is 17.7 Å². The van der Waals surface area contributed by atoms with Gasteiger partial charge in [-0.2, -0.15) is 5.10 Å². The molecule has 0 aliphatic rings. The van der Waals surface area contributed by atoms with E-state index in [1.807, 2.05) is 45.0 Å². The highest BCUT2D eigenvalue weighted by Crippen LogP contribution is 2.15. The van der Waals surface area contributed by atoms with Crippen molar-refractivity contribution in [1.29, 1.82) is 0 Å². The van der Waals surface area contributed by atoms with Gasteiger partial charge in [-0.05, 0) is 44.5 Å². The molecule has 110 valence electrons. The molecule has 0 saturated carbocycles. The van der Waals surface area contributed by atoms with Gasteiger partial charge in [-0.25, -0.2) is 5.43 Å². The first-order chi connectivity index (χ1) is 10.0. The number of thiophene rings is 1. The molecule has 1 amide bonds.